The van der Waals surface area contributed by atoms with Gasteiger partial charge in [-0.3, -0.25) is 9.59 Å². The summed E-state index contributed by atoms with van der Waals surface area (Å²) in [6.07, 6.45) is 8.59. The first-order valence-electron chi connectivity index (χ1n) is 45.8. The molecule has 16 N–H and O–H groups in total. The number of hydrogen-bond donors (Lipinski definition) is 16. The average molecular weight is 1670 g/mol. The normalized spacial score (nSPS) is 52.1. The van der Waals surface area contributed by atoms with Crippen molar-refractivity contribution in [1.82, 2.24) is 0 Å². The monoisotopic (exact) mass is 1670 g/mol. The molecule has 23 heteroatoms. The standard InChI is InChI=1S/C40H62O8.C28H44O9.C28H44O6/c1-12-22(3)31(43)46-29-30(47-32(44)23(4)13-2)40-26(20-34(29,5)6)39(48-33(40)45)19-15-25-36(9)17-16-27(41)35(7,8)24(36)14-18-37(25,10)38(39,11)21-28(40)42;1-25(2)9-18-17-5-4-13-14-8-19(31)21(33)27(11-29,12-30)16(14)7-6-15(13)26(17,3)10-20(32)28(18,24(36)37)23(35)22(25)34;1-25(2)9-10-28(24(33)34)20(12-25)19-6-5-15-16-11-21(30)23(32)27(4,14-29)18(16)8-7-17(15)26(19,3)13-22(28)31/h12-13,24-30,33,41-42,45H,14-21H2,1-11H3;5,13-16,18-23,29-35H,4,6-12H2,1-3H3,(H,36,37);6,15-18,20-23,29-32H,5,7-14H2,1-4H3,(H,33,34)/b22-12-,23-13-;;/t24?,25?,26?,27-,28+,29-,30-,33-,36-,37+,38-,39-,40+;13?,14?,15?,16?,18?,19-,20?,21-,22-,23-,26-,28+;15?,16?,17?,18?,20?,21-,22+,23-,26-,27-,28+/m000/s1. The lowest BCUT2D eigenvalue weighted by molar-refractivity contribution is -0.312. The van der Waals surface area contributed by atoms with E-state index in [1.54, 1.807) is 39.8 Å². The average Bonchev–Trinajstić information content (AvgIpc) is 1.48. The second-order valence-electron chi connectivity index (χ2n) is 46.4. The van der Waals surface area contributed by atoms with E-state index in [4.69, 9.17) is 14.2 Å². The van der Waals surface area contributed by atoms with Crippen LogP contribution in [0.1, 0.15) is 266 Å². The van der Waals surface area contributed by atoms with Crippen molar-refractivity contribution in [3.8, 4) is 0 Å². The van der Waals surface area contributed by atoms with Crippen LogP contribution >= 0.6 is 0 Å². The van der Waals surface area contributed by atoms with Gasteiger partial charge in [0.25, 0.3) is 0 Å². The number of fused-ring (bicyclic) bond motifs is 18. The molecule has 16 aliphatic rings. The zero-order valence-electron chi connectivity index (χ0n) is 74.5. The van der Waals surface area contributed by atoms with Crippen LogP contribution < -0.4 is 0 Å². The second kappa shape index (κ2) is 30.2. The van der Waals surface area contributed by atoms with E-state index < -0.39 is 171 Å². The number of ether oxygens (including phenoxy) is 3. The number of esters is 2. The molecule has 672 valence electrons. The van der Waals surface area contributed by atoms with Crippen molar-refractivity contribution in [2.24, 2.45) is 153 Å². The number of carbonyl (C=O) groups excluding carboxylic acids is 2. The van der Waals surface area contributed by atoms with Gasteiger partial charge in [-0.25, -0.2) is 9.59 Å². The fourth-order valence-electron chi connectivity index (χ4n) is 33.1. The Balaban J connectivity index is 0.000000149. The number of carboxylic acid groups (broad SMARTS) is 2. The van der Waals surface area contributed by atoms with Crippen molar-refractivity contribution in [3.63, 3.8) is 0 Å². The molecule has 0 aromatic heterocycles. The van der Waals surface area contributed by atoms with E-state index in [9.17, 15) is 101 Å². The molecule has 0 aromatic rings. The fraction of sp³-hybridized carbons (Fsp3) is 0.875. The highest BCUT2D eigenvalue weighted by Crippen LogP contribution is 2.83. The molecule has 1 aliphatic heterocycles. The molecule has 1 heterocycles. The van der Waals surface area contributed by atoms with Crippen LogP contribution in [0, 0.1) is 153 Å². The molecule has 13 saturated carbocycles. The molecule has 15 aliphatic carbocycles. The van der Waals surface area contributed by atoms with Gasteiger partial charge in [0.05, 0.1) is 91.9 Å². The second-order valence-corrected chi connectivity index (χ2v) is 46.4. The number of rotatable bonds is 9. The molecule has 119 heavy (non-hydrogen) atoms. The Morgan fingerprint density at radius 1 is 0.471 bits per heavy atom. The third-order valence-electron chi connectivity index (χ3n) is 40.2. The number of hydrogen-bond acceptors (Lipinski definition) is 21. The predicted molar refractivity (Wildman–Crippen MR) is 442 cm³/mol. The molecule has 1 saturated heterocycles. The van der Waals surface area contributed by atoms with Gasteiger partial charge >= 0.3 is 23.9 Å². The summed E-state index contributed by atoms with van der Waals surface area (Å²) >= 11 is 0. The van der Waals surface area contributed by atoms with E-state index in [2.05, 4.69) is 74.5 Å². The Morgan fingerprint density at radius 3 is 1.54 bits per heavy atom. The largest absolute Gasteiger partial charge is 0.481 e. The van der Waals surface area contributed by atoms with E-state index in [0.29, 0.717) is 92.6 Å². The number of aliphatic hydroxyl groups is 14. The third-order valence-corrected chi connectivity index (χ3v) is 40.2. The number of carboxylic acids is 2. The summed E-state index contributed by atoms with van der Waals surface area (Å²) < 4.78 is 19.7. The lowest BCUT2D eigenvalue weighted by atomic mass is 9.30. The summed E-state index contributed by atoms with van der Waals surface area (Å²) in [6, 6.07) is 0. The van der Waals surface area contributed by atoms with Crippen LogP contribution in [0.3, 0.4) is 0 Å². The van der Waals surface area contributed by atoms with Gasteiger partial charge in [-0.1, -0.05) is 132 Å². The van der Waals surface area contributed by atoms with Crippen molar-refractivity contribution in [2.75, 3.05) is 19.8 Å². The van der Waals surface area contributed by atoms with Crippen LogP contribution in [-0.2, 0) is 33.4 Å². The molecule has 2 bridgehead atoms. The maximum atomic E-state index is 13.6. The third kappa shape index (κ3) is 12.4. The topological polar surface area (TPSA) is 420 Å². The van der Waals surface area contributed by atoms with E-state index in [1.807, 2.05) is 34.6 Å². The predicted octanol–water partition coefficient (Wildman–Crippen LogP) is 10.3. The molecule has 0 radical (unpaired) electrons. The maximum absolute atomic E-state index is 13.6. The summed E-state index contributed by atoms with van der Waals surface area (Å²) in [5, 5.41) is 176. The molecule has 14 unspecified atom stereocenters. The van der Waals surface area contributed by atoms with Crippen LogP contribution in [-0.4, -0.2) is 211 Å². The number of aliphatic hydroxyl groups excluding tert-OH is 14. The summed E-state index contributed by atoms with van der Waals surface area (Å²) in [6.45, 7) is 36.0. The minimum Gasteiger partial charge on any atom is -0.481 e. The van der Waals surface area contributed by atoms with Gasteiger partial charge in [-0.15, -0.1) is 0 Å². The van der Waals surface area contributed by atoms with E-state index >= 15 is 0 Å². The molecular weight excluding hydrogens is 1520 g/mol. The first-order chi connectivity index (χ1) is 55.2. The van der Waals surface area contributed by atoms with Gasteiger partial charge in [-0.2, -0.15) is 0 Å². The summed E-state index contributed by atoms with van der Waals surface area (Å²) in [4.78, 5) is 52.4. The Hall–Kier alpha value is -3.76. The highest BCUT2D eigenvalue weighted by atomic mass is 16.6. The number of carbonyl (C=O) groups is 4. The molecule has 0 aromatic carbocycles. The highest BCUT2D eigenvalue weighted by Gasteiger charge is 2.86. The van der Waals surface area contributed by atoms with Crippen molar-refractivity contribution in [1.29, 1.82) is 0 Å². The van der Waals surface area contributed by atoms with Gasteiger partial charge in [-0.05, 0) is 272 Å². The molecule has 23 nitrogen and oxygen atoms in total. The Labute approximate surface area is 705 Å². The summed E-state index contributed by atoms with van der Waals surface area (Å²) in [5.74, 6) is -2.72. The van der Waals surface area contributed by atoms with E-state index in [-0.39, 0.29) is 93.5 Å². The van der Waals surface area contributed by atoms with Crippen LogP contribution in [0.5, 0.6) is 0 Å². The fourth-order valence-corrected chi connectivity index (χ4v) is 33.1. The molecular formula is C96H150O23. The number of aliphatic carboxylic acids is 2. The highest BCUT2D eigenvalue weighted by molar-refractivity contribution is 5.89. The number of allylic oxidation sites excluding steroid dienone is 6. The first kappa shape index (κ1) is 91.5. The molecule has 16 rings (SSSR count). The van der Waals surface area contributed by atoms with Crippen molar-refractivity contribution >= 4 is 23.9 Å². The minimum atomic E-state index is -1.89. The maximum Gasteiger partial charge on any atom is 0.333 e. The van der Waals surface area contributed by atoms with Crippen molar-refractivity contribution in [2.45, 2.75) is 351 Å². The molecule has 36 atom stereocenters. The van der Waals surface area contributed by atoms with E-state index in [0.717, 1.165) is 82.6 Å². The lowest BCUT2D eigenvalue weighted by Gasteiger charge is -2.75. The summed E-state index contributed by atoms with van der Waals surface area (Å²) in [5.41, 5.74) is -7.07. The molecule has 1 spiro atoms. The van der Waals surface area contributed by atoms with Crippen LogP contribution in [0.4, 0.5) is 0 Å². The summed E-state index contributed by atoms with van der Waals surface area (Å²) in [7, 11) is 0. The van der Waals surface area contributed by atoms with Crippen LogP contribution in [0.2, 0.25) is 0 Å². The Morgan fingerprint density at radius 2 is 0.992 bits per heavy atom. The van der Waals surface area contributed by atoms with Crippen molar-refractivity contribution < 1.29 is 115 Å². The molecule has 14 fully saturated rings. The first-order valence-corrected chi connectivity index (χ1v) is 45.8. The lowest BCUT2D eigenvalue weighted by Crippen LogP contribution is -2.77. The smallest absolute Gasteiger partial charge is 0.333 e. The van der Waals surface area contributed by atoms with Crippen LogP contribution in [0.25, 0.3) is 0 Å². The van der Waals surface area contributed by atoms with Gasteiger partial charge in [0.15, 0.2) is 12.4 Å². The van der Waals surface area contributed by atoms with Gasteiger partial charge < -0.3 is 95.9 Å². The van der Waals surface area contributed by atoms with E-state index in [1.165, 1.54) is 5.57 Å². The molecule has 0 amide bonds. The zero-order valence-corrected chi connectivity index (χ0v) is 74.5. The Bertz CT molecular complexity index is 4040. The quantitative estimate of drug-likeness (QED) is 0.0579. The zero-order chi connectivity index (χ0) is 87.8. The van der Waals surface area contributed by atoms with Gasteiger partial charge in [0.2, 0.25) is 0 Å². The van der Waals surface area contributed by atoms with Crippen molar-refractivity contribution in [3.05, 3.63) is 46.6 Å². The van der Waals surface area contributed by atoms with Gasteiger partial charge in [0, 0.05) is 44.6 Å². The Kier molecular flexibility index (Phi) is 23.2. The minimum absolute atomic E-state index is 0.0227. The van der Waals surface area contributed by atoms with Gasteiger partial charge in [0.1, 0.15) is 16.9 Å². The SMILES string of the molecule is C/C=C(/C)C(=O)O[C@H]1[C@H](OC(=O)/C(C)=C\C)[C@@]23C(CC1(C)C)[C@]1(CCC4[C@@]5(C)CC[C@H](O)C(C)(C)C5CC[C@@]4(C)[C@]1(C)C[C@H]2O)O[C@@H]3O.CC1(C)CC2C3=CCC4C5C[C@H](O)[C@H](O)C(CO)(CO)C5CCC4[C@]3(C)CC(O)[C@@]2(C(=O)O)[C@@H](O)[C@@H]1O.CC1(C)CC[C@@]2(C(=O)O)C(C1)C1=CCC3C4C[C@H](O)[C@H](O)[C@@](C)(CO)C4CCC3[C@]1(C)C[C@H]2O. The van der Waals surface area contributed by atoms with Crippen LogP contribution in [0.15, 0.2) is 46.6 Å².